The Bertz CT molecular complexity index is 353. The molecule has 16 heavy (non-hydrogen) atoms. The number of carbonyl (C=O) groups is 1. The zero-order chi connectivity index (χ0) is 12.3. The van der Waals surface area contributed by atoms with E-state index < -0.39 is 9.84 Å². The molecule has 1 aliphatic heterocycles. The summed E-state index contributed by atoms with van der Waals surface area (Å²) in [5.41, 5.74) is 0. The second-order valence-electron chi connectivity index (χ2n) is 4.61. The number of hydrogen-bond acceptors (Lipinski definition) is 3. The van der Waals surface area contributed by atoms with Gasteiger partial charge in [0.2, 0.25) is 5.91 Å². The summed E-state index contributed by atoms with van der Waals surface area (Å²) in [5, 5.41) is 3.59. The molecule has 0 bridgehead atoms. The lowest BCUT2D eigenvalue weighted by atomic mass is 10.0. The molecule has 1 rings (SSSR count). The predicted octanol–water partition coefficient (Wildman–Crippen LogP) is 0.957. The summed E-state index contributed by atoms with van der Waals surface area (Å²) >= 11 is 3.34. The maximum absolute atomic E-state index is 11.8. The zero-order valence-corrected chi connectivity index (χ0v) is 12.0. The Morgan fingerprint density at radius 2 is 2.12 bits per heavy atom. The number of halogens is 1. The van der Waals surface area contributed by atoms with Gasteiger partial charge in [-0.2, -0.15) is 0 Å². The van der Waals surface area contributed by atoms with Gasteiger partial charge in [-0.3, -0.25) is 4.79 Å². The average Bonchev–Trinajstić information content (AvgIpc) is 2.54. The van der Waals surface area contributed by atoms with E-state index in [0.717, 1.165) is 0 Å². The van der Waals surface area contributed by atoms with E-state index >= 15 is 0 Å². The fourth-order valence-corrected chi connectivity index (χ4v) is 4.34. The molecule has 0 aromatic heterocycles. The van der Waals surface area contributed by atoms with Crippen LogP contribution in [0.4, 0.5) is 0 Å². The summed E-state index contributed by atoms with van der Waals surface area (Å²) in [5.74, 6) is 0.00312. The number of nitrogens with one attached hydrogen (secondary N) is 1. The molecule has 2 atom stereocenters. The van der Waals surface area contributed by atoms with E-state index in [1.54, 1.807) is 0 Å². The van der Waals surface area contributed by atoms with Crippen molar-refractivity contribution >= 4 is 31.7 Å². The lowest BCUT2D eigenvalue weighted by Gasteiger charge is -2.21. The van der Waals surface area contributed by atoms with Crippen LogP contribution in [0, 0.1) is 11.8 Å². The molecule has 6 heteroatoms. The van der Waals surface area contributed by atoms with E-state index in [2.05, 4.69) is 21.2 Å². The largest absolute Gasteiger partial charge is 0.352 e. The molecular weight excluding hydrogens is 294 g/mol. The van der Waals surface area contributed by atoms with Crippen molar-refractivity contribution in [1.82, 2.24) is 5.32 Å². The summed E-state index contributed by atoms with van der Waals surface area (Å²) < 4.78 is 22.5. The predicted molar refractivity (Wildman–Crippen MR) is 67.3 cm³/mol. The minimum atomic E-state index is -2.98. The van der Waals surface area contributed by atoms with Gasteiger partial charge in [-0.05, 0) is 12.3 Å². The smallest absolute Gasteiger partial charge is 0.224 e. The zero-order valence-electron chi connectivity index (χ0n) is 9.57. The second kappa shape index (κ2) is 5.49. The summed E-state index contributed by atoms with van der Waals surface area (Å²) in [6, 6.07) is 0.0656. The first kappa shape index (κ1) is 14.0. The first-order valence-corrected chi connectivity index (χ1v) is 8.37. The molecule has 1 aliphatic rings. The van der Waals surface area contributed by atoms with Gasteiger partial charge >= 0.3 is 0 Å². The SMILES string of the molecule is CC(C)C(CBr)NC(=O)C1CCS(=O)(=O)C1. The van der Waals surface area contributed by atoms with Gasteiger partial charge in [0, 0.05) is 11.4 Å². The molecule has 2 unspecified atom stereocenters. The molecule has 0 aliphatic carbocycles. The summed E-state index contributed by atoms with van der Waals surface area (Å²) in [6.45, 7) is 4.05. The van der Waals surface area contributed by atoms with E-state index in [4.69, 9.17) is 0 Å². The standard InChI is InChI=1S/C10H18BrNO3S/c1-7(2)9(5-11)12-10(13)8-3-4-16(14,15)6-8/h7-9H,3-6H2,1-2H3,(H,12,13). The lowest BCUT2D eigenvalue weighted by molar-refractivity contribution is -0.125. The lowest BCUT2D eigenvalue weighted by Crippen LogP contribution is -2.43. The number of carbonyl (C=O) groups excluding carboxylic acids is 1. The van der Waals surface area contributed by atoms with Crippen molar-refractivity contribution in [2.75, 3.05) is 16.8 Å². The molecule has 0 radical (unpaired) electrons. The highest BCUT2D eigenvalue weighted by molar-refractivity contribution is 9.09. The molecule has 4 nitrogen and oxygen atoms in total. The van der Waals surface area contributed by atoms with Crippen molar-refractivity contribution in [2.24, 2.45) is 11.8 Å². The minimum Gasteiger partial charge on any atom is -0.352 e. The van der Waals surface area contributed by atoms with Gasteiger partial charge in [0.25, 0.3) is 0 Å². The number of hydrogen-bond donors (Lipinski definition) is 1. The highest BCUT2D eigenvalue weighted by Gasteiger charge is 2.33. The molecule has 0 saturated carbocycles. The first-order valence-electron chi connectivity index (χ1n) is 5.42. The molecule has 1 heterocycles. The summed E-state index contributed by atoms with van der Waals surface area (Å²) in [6.07, 6.45) is 0.460. The average molecular weight is 312 g/mol. The molecule has 1 amide bonds. The van der Waals surface area contributed by atoms with Crippen LogP contribution in [0.2, 0.25) is 0 Å². The van der Waals surface area contributed by atoms with Crippen molar-refractivity contribution in [3.8, 4) is 0 Å². The van der Waals surface area contributed by atoms with Gasteiger partial charge < -0.3 is 5.32 Å². The Labute approximate surface area is 105 Å². The molecule has 1 N–H and O–H groups in total. The molecular formula is C10H18BrNO3S. The van der Waals surface area contributed by atoms with E-state index in [1.807, 2.05) is 13.8 Å². The molecule has 0 spiro atoms. The Kier molecular flexibility index (Phi) is 4.79. The fraction of sp³-hybridized carbons (Fsp3) is 0.900. The van der Waals surface area contributed by atoms with Crippen molar-refractivity contribution in [2.45, 2.75) is 26.3 Å². The molecule has 0 aromatic carbocycles. The van der Waals surface area contributed by atoms with Crippen LogP contribution in [0.15, 0.2) is 0 Å². The van der Waals surface area contributed by atoms with Gasteiger partial charge in [-0.1, -0.05) is 29.8 Å². The normalized spacial score (nSPS) is 25.6. The van der Waals surface area contributed by atoms with Crippen molar-refractivity contribution < 1.29 is 13.2 Å². The Balaban J connectivity index is 2.53. The number of alkyl halides is 1. The summed E-state index contributed by atoms with van der Waals surface area (Å²) in [7, 11) is -2.98. The Morgan fingerprint density at radius 1 is 1.50 bits per heavy atom. The van der Waals surface area contributed by atoms with Crippen LogP contribution >= 0.6 is 15.9 Å². The molecule has 1 saturated heterocycles. The third-order valence-corrected chi connectivity index (χ3v) is 5.37. The maximum atomic E-state index is 11.8. The van der Waals surface area contributed by atoms with Crippen LogP contribution < -0.4 is 5.32 Å². The van der Waals surface area contributed by atoms with Crippen LogP contribution in [0.5, 0.6) is 0 Å². The Morgan fingerprint density at radius 3 is 2.50 bits per heavy atom. The fourth-order valence-electron chi connectivity index (χ4n) is 1.69. The number of rotatable bonds is 4. The van der Waals surface area contributed by atoms with E-state index in [9.17, 15) is 13.2 Å². The highest BCUT2D eigenvalue weighted by Crippen LogP contribution is 2.19. The second-order valence-corrected chi connectivity index (χ2v) is 7.49. The monoisotopic (exact) mass is 311 g/mol. The van der Waals surface area contributed by atoms with Crippen LogP contribution in [0.1, 0.15) is 20.3 Å². The highest BCUT2D eigenvalue weighted by atomic mass is 79.9. The number of sulfone groups is 1. The van der Waals surface area contributed by atoms with Crippen LogP contribution in [0.3, 0.4) is 0 Å². The van der Waals surface area contributed by atoms with E-state index in [-0.39, 0.29) is 29.4 Å². The van der Waals surface area contributed by atoms with Gasteiger partial charge in [0.05, 0.1) is 17.4 Å². The summed E-state index contributed by atoms with van der Waals surface area (Å²) in [4.78, 5) is 11.8. The topological polar surface area (TPSA) is 63.2 Å². The quantitative estimate of drug-likeness (QED) is 0.787. The van der Waals surface area contributed by atoms with Gasteiger partial charge in [-0.25, -0.2) is 8.42 Å². The minimum absolute atomic E-state index is 0.00589. The maximum Gasteiger partial charge on any atom is 0.224 e. The van der Waals surface area contributed by atoms with Gasteiger partial charge in [0.15, 0.2) is 9.84 Å². The third-order valence-electron chi connectivity index (χ3n) is 2.90. The van der Waals surface area contributed by atoms with Crippen LogP contribution in [0.25, 0.3) is 0 Å². The number of amides is 1. The Hall–Kier alpha value is -0.100. The van der Waals surface area contributed by atoms with Crippen LogP contribution in [-0.2, 0) is 14.6 Å². The van der Waals surface area contributed by atoms with E-state index in [0.29, 0.717) is 17.7 Å². The van der Waals surface area contributed by atoms with Crippen LogP contribution in [-0.4, -0.2) is 37.2 Å². The van der Waals surface area contributed by atoms with Crippen molar-refractivity contribution in [1.29, 1.82) is 0 Å². The molecule has 94 valence electrons. The van der Waals surface area contributed by atoms with Gasteiger partial charge in [-0.15, -0.1) is 0 Å². The van der Waals surface area contributed by atoms with Crippen molar-refractivity contribution in [3.63, 3.8) is 0 Å². The van der Waals surface area contributed by atoms with Gasteiger partial charge in [0.1, 0.15) is 0 Å². The first-order chi connectivity index (χ1) is 7.35. The van der Waals surface area contributed by atoms with E-state index in [1.165, 1.54) is 0 Å². The van der Waals surface area contributed by atoms with Crippen molar-refractivity contribution in [3.05, 3.63) is 0 Å². The third kappa shape index (κ3) is 3.73. The molecule has 0 aromatic rings. The molecule has 1 fully saturated rings.